The van der Waals surface area contributed by atoms with Crippen LogP contribution in [0.4, 0.5) is 11.4 Å². The van der Waals surface area contributed by atoms with Crippen molar-refractivity contribution in [3.05, 3.63) is 53.8 Å². The Morgan fingerprint density at radius 2 is 2.08 bits per heavy atom. The van der Waals surface area contributed by atoms with Crippen LogP contribution in [0.25, 0.3) is 6.08 Å². The van der Waals surface area contributed by atoms with Gasteiger partial charge in [0.2, 0.25) is 0 Å². The van der Waals surface area contributed by atoms with Crippen LogP contribution in [0.1, 0.15) is 25.3 Å². The maximum absolute atomic E-state index is 12.9. The van der Waals surface area contributed by atoms with Crippen LogP contribution < -0.4 is 20.1 Å². The minimum Gasteiger partial charge on any atom is -0.497 e. The van der Waals surface area contributed by atoms with Gasteiger partial charge in [0.1, 0.15) is 5.75 Å². The number of methoxy groups -OCH3 is 1. The molecule has 2 aromatic rings. The summed E-state index contributed by atoms with van der Waals surface area (Å²) in [4.78, 5) is 14.7. The molecule has 0 unspecified atom stereocenters. The lowest BCUT2D eigenvalue weighted by atomic mass is 10.1. The molecule has 1 aliphatic heterocycles. The van der Waals surface area contributed by atoms with Gasteiger partial charge in [-0.3, -0.25) is 4.79 Å². The molecule has 0 saturated heterocycles. The highest BCUT2D eigenvalue weighted by molar-refractivity contribution is 6.10. The Morgan fingerprint density at radius 1 is 1.24 bits per heavy atom. The smallest absolute Gasteiger partial charge is 0.294 e. The molecule has 5 nitrogen and oxygen atoms in total. The molecule has 25 heavy (non-hydrogen) atoms. The number of nitrogens with zero attached hydrogens (tertiary/aromatic N) is 1. The minimum atomic E-state index is -0.145. The highest BCUT2D eigenvalue weighted by Crippen LogP contribution is 2.37. The molecular formula is C20H22N2O3. The number of amides is 1. The zero-order chi connectivity index (χ0) is 17.8. The van der Waals surface area contributed by atoms with E-state index in [-0.39, 0.29) is 11.7 Å². The van der Waals surface area contributed by atoms with Gasteiger partial charge < -0.3 is 20.1 Å². The predicted molar refractivity (Wildman–Crippen MR) is 99.7 cm³/mol. The highest BCUT2D eigenvalue weighted by atomic mass is 16.5. The lowest BCUT2D eigenvalue weighted by Crippen LogP contribution is -2.38. The lowest BCUT2D eigenvalue weighted by molar-refractivity contribution is -0.117. The first kappa shape index (κ1) is 16.9. The van der Waals surface area contributed by atoms with Crippen LogP contribution >= 0.6 is 0 Å². The van der Waals surface area contributed by atoms with E-state index < -0.39 is 0 Å². The Kier molecular flexibility index (Phi) is 4.93. The van der Waals surface area contributed by atoms with E-state index in [0.29, 0.717) is 18.0 Å². The third-order valence-electron chi connectivity index (χ3n) is 4.08. The summed E-state index contributed by atoms with van der Waals surface area (Å²) in [6, 6.07) is 12.9. The zero-order valence-corrected chi connectivity index (χ0v) is 14.5. The van der Waals surface area contributed by atoms with Crippen molar-refractivity contribution in [2.45, 2.75) is 19.8 Å². The lowest BCUT2D eigenvalue weighted by Gasteiger charge is -2.30. The number of rotatable bonds is 5. The second-order valence-corrected chi connectivity index (χ2v) is 5.92. The fourth-order valence-electron chi connectivity index (χ4n) is 2.75. The molecule has 1 aliphatic rings. The van der Waals surface area contributed by atoms with Crippen molar-refractivity contribution < 1.29 is 14.3 Å². The van der Waals surface area contributed by atoms with Gasteiger partial charge in [-0.15, -0.1) is 0 Å². The first-order chi connectivity index (χ1) is 12.1. The van der Waals surface area contributed by atoms with E-state index in [9.17, 15) is 4.79 Å². The summed E-state index contributed by atoms with van der Waals surface area (Å²) in [5.41, 5.74) is 8.08. The van der Waals surface area contributed by atoms with Crippen molar-refractivity contribution >= 4 is 23.4 Å². The standard InChI is InChI=1S/C20H22N2O3/c1-3-4-10-22-17-9-8-15(21)13-18(17)25-19(20(22)23)12-14-6-5-7-16(11-14)24-2/h5-9,11-13H,3-4,10,21H2,1-2H3/b19-12+. The Balaban J connectivity index is 2.00. The van der Waals surface area contributed by atoms with Gasteiger partial charge in [-0.1, -0.05) is 25.5 Å². The van der Waals surface area contributed by atoms with Gasteiger partial charge in [-0.05, 0) is 42.3 Å². The molecule has 0 spiro atoms. The molecule has 0 saturated carbocycles. The first-order valence-electron chi connectivity index (χ1n) is 8.37. The van der Waals surface area contributed by atoms with E-state index in [2.05, 4.69) is 6.92 Å². The first-order valence-corrected chi connectivity index (χ1v) is 8.37. The minimum absolute atomic E-state index is 0.145. The van der Waals surface area contributed by atoms with Crippen LogP contribution in [0.2, 0.25) is 0 Å². The molecular weight excluding hydrogens is 316 g/mol. The van der Waals surface area contributed by atoms with Gasteiger partial charge >= 0.3 is 0 Å². The maximum atomic E-state index is 12.9. The number of nitrogen functional groups attached to an aromatic ring is 1. The quantitative estimate of drug-likeness (QED) is 0.664. The molecule has 0 radical (unpaired) electrons. The molecule has 5 heteroatoms. The van der Waals surface area contributed by atoms with Crippen molar-refractivity contribution in [3.63, 3.8) is 0 Å². The van der Waals surface area contributed by atoms with Crippen LogP contribution in [0, 0.1) is 0 Å². The van der Waals surface area contributed by atoms with Crippen LogP contribution in [0.5, 0.6) is 11.5 Å². The third kappa shape index (κ3) is 3.60. The fourth-order valence-corrected chi connectivity index (χ4v) is 2.75. The molecule has 0 fully saturated rings. The number of ether oxygens (including phenoxy) is 2. The second kappa shape index (κ2) is 7.30. The Labute approximate surface area is 147 Å². The number of benzene rings is 2. The molecule has 2 N–H and O–H groups in total. The van der Waals surface area contributed by atoms with Gasteiger partial charge in [0.15, 0.2) is 11.5 Å². The van der Waals surface area contributed by atoms with Crippen LogP contribution in [0.3, 0.4) is 0 Å². The average Bonchev–Trinajstić information content (AvgIpc) is 2.62. The van der Waals surface area contributed by atoms with Crippen molar-refractivity contribution in [1.82, 2.24) is 0 Å². The summed E-state index contributed by atoms with van der Waals surface area (Å²) in [6.45, 7) is 2.74. The topological polar surface area (TPSA) is 64.8 Å². The number of carbonyl (C=O) groups excluding carboxylic acids is 1. The number of unbranched alkanes of at least 4 members (excludes halogenated alkanes) is 1. The number of anilines is 2. The molecule has 130 valence electrons. The van der Waals surface area contributed by atoms with Gasteiger partial charge in [0.05, 0.1) is 12.8 Å². The largest absolute Gasteiger partial charge is 0.497 e. The zero-order valence-electron chi connectivity index (χ0n) is 14.5. The SMILES string of the molecule is CCCCN1C(=O)/C(=C\c2cccc(OC)c2)Oc2cc(N)ccc21. The summed E-state index contributed by atoms with van der Waals surface area (Å²) in [5.74, 6) is 1.46. The van der Waals surface area contributed by atoms with Crippen molar-refractivity contribution in [2.24, 2.45) is 0 Å². The Morgan fingerprint density at radius 3 is 2.84 bits per heavy atom. The van der Waals surface area contributed by atoms with Crippen molar-refractivity contribution in [3.8, 4) is 11.5 Å². The number of fused-ring (bicyclic) bond motifs is 1. The highest BCUT2D eigenvalue weighted by Gasteiger charge is 2.30. The monoisotopic (exact) mass is 338 g/mol. The van der Waals surface area contributed by atoms with Gasteiger partial charge in [0, 0.05) is 18.3 Å². The Hall–Kier alpha value is -2.95. The van der Waals surface area contributed by atoms with Crippen LogP contribution in [-0.4, -0.2) is 19.6 Å². The summed E-state index contributed by atoms with van der Waals surface area (Å²) in [7, 11) is 1.61. The van der Waals surface area contributed by atoms with E-state index in [4.69, 9.17) is 15.2 Å². The summed E-state index contributed by atoms with van der Waals surface area (Å²) in [6.07, 6.45) is 3.65. The van der Waals surface area contributed by atoms with E-state index in [0.717, 1.165) is 29.8 Å². The second-order valence-electron chi connectivity index (χ2n) is 5.92. The number of nitrogens with two attached hydrogens (primary N) is 1. The van der Waals surface area contributed by atoms with Crippen molar-refractivity contribution in [2.75, 3.05) is 24.3 Å². The molecule has 0 atom stereocenters. The number of hydrogen-bond donors (Lipinski definition) is 1. The third-order valence-corrected chi connectivity index (χ3v) is 4.08. The molecule has 0 aliphatic carbocycles. The predicted octanol–water partition coefficient (Wildman–Crippen LogP) is 3.84. The summed E-state index contributed by atoms with van der Waals surface area (Å²) >= 11 is 0. The summed E-state index contributed by atoms with van der Waals surface area (Å²) < 4.78 is 11.1. The molecule has 3 rings (SSSR count). The van der Waals surface area contributed by atoms with Crippen LogP contribution in [-0.2, 0) is 4.79 Å². The molecule has 0 aromatic heterocycles. The van der Waals surface area contributed by atoms with E-state index in [1.165, 1.54) is 0 Å². The van der Waals surface area contributed by atoms with Crippen molar-refractivity contribution in [1.29, 1.82) is 0 Å². The average molecular weight is 338 g/mol. The number of carbonyl (C=O) groups is 1. The number of hydrogen-bond acceptors (Lipinski definition) is 4. The fraction of sp³-hybridized carbons (Fsp3) is 0.250. The van der Waals surface area contributed by atoms with Crippen LogP contribution in [0.15, 0.2) is 48.2 Å². The van der Waals surface area contributed by atoms with Gasteiger partial charge in [-0.2, -0.15) is 0 Å². The molecule has 2 aromatic carbocycles. The van der Waals surface area contributed by atoms with E-state index in [1.807, 2.05) is 30.3 Å². The van der Waals surface area contributed by atoms with E-state index in [1.54, 1.807) is 30.2 Å². The normalized spacial score (nSPS) is 15.0. The van der Waals surface area contributed by atoms with E-state index >= 15 is 0 Å². The maximum Gasteiger partial charge on any atom is 0.294 e. The van der Waals surface area contributed by atoms with Gasteiger partial charge in [0.25, 0.3) is 5.91 Å². The van der Waals surface area contributed by atoms with Gasteiger partial charge in [-0.25, -0.2) is 0 Å². The molecule has 0 bridgehead atoms. The molecule has 1 amide bonds. The molecule has 1 heterocycles. The summed E-state index contributed by atoms with van der Waals surface area (Å²) in [5, 5.41) is 0. The Bertz CT molecular complexity index is 814.